The van der Waals surface area contributed by atoms with Crippen LogP contribution in [-0.4, -0.2) is 24.9 Å². The van der Waals surface area contributed by atoms with Gasteiger partial charge in [0.15, 0.2) is 15.6 Å². The smallest absolute Gasteiger partial charge is 0.178 e. The van der Waals surface area contributed by atoms with Crippen LogP contribution in [0.3, 0.4) is 0 Å². The Labute approximate surface area is 92.3 Å². The molecule has 1 aromatic rings. The SMILES string of the molecule is CC(=O)c1csc(C2CCCS2(=O)=O)n1. The standard InChI is InChI=1S/C9H11NO3S2/c1-6(11)7-5-14-9(10-7)8-3-2-4-15(8,12)13/h5,8H,2-4H2,1H3. The summed E-state index contributed by atoms with van der Waals surface area (Å²) in [5.74, 6) is 0.125. The molecule has 1 aromatic heterocycles. The lowest BCUT2D eigenvalue weighted by Gasteiger charge is -2.03. The third-order valence-corrected chi connectivity index (χ3v) is 5.78. The first-order valence-corrected chi connectivity index (χ1v) is 7.28. The van der Waals surface area contributed by atoms with Crippen LogP contribution in [0.25, 0.3) is 0 Å². The Balaban J connectivity index is 2.34. The minimum Gasteiger partial charge on any atom is -0.293 e. The van der Waals surface area contributed by atoms with E-state index in [-0.39, 0.29) is 11.5 Å². The molecule has 2 rings (SSSR count). The Morgan fingerprint density at radius 1 is 1.60 bits per heavy atom. The summed E-state index contributed by atoms with van der Waals surface area (Å²) in [6, 6.07) is 0. The highest BCUT2D eigenvalue weighted by atomic mass is 32.2. The average molecular weight is 245 g/mol. The third kappa shape index (κ3) is 1.96. The second kappa shape index (κ2) is 3.68. The predicted octanol–water partition coefficient (Wildman–Crippen LogP) is 1.60. The first kappa shape index (κ1) is 10.8. The van der Waals surface area contributed by atoms with Gasteiger partial charge in [-0.3, -0.25) is 4.79 Å². The Morgan fingerprint density at radius 3 is 2.80 bits per heavy atom. The van der Waals surface area contributed by atoms with Gasteiger partial charge in [0, 0.05) is 12.3 Å². The third-order valence-electron chi connectivity index (χ3n) is 2.49. The molecule has 0 saturated carbocycles. The second-order valence-corrected chi connectivity index (χ2v) is 6.82. The molecular formula is C9H11NO3S2. The number of ketones is 1. The number of hydrogen-bond donors (Lipinski definition) is 0. The number of thiazole rings is 1. The minimum absolute atomic E-state index is 0.118. The van der Waals surface area contributed by atoms with E-state index >= 15 is 0 Å². The zero-order chi connectivity index (χ0) is 11.1. The van der Waals surface area contributed by atoms with E-state index in [2.05, 4.69) is 4.98 Å². The van der Waals surface area contributed by atoms with Crippen LogP contribution >= 0.6 is 11.3 Å². The van der Waals surface area contributed by atoms with E-state index in [1.807, 2.05) is 0 Å². The van der Waals surface area contributed by atoms with Crippen LogP contribution in [0.1, 0.15) is 40.5 Å². The lowest BCUT2D eigenvalue weighted by molar-refractivity contribution is 0.101. The summed E-state index contributed by atoms with van der Waals surface area (Å²) in [6.45, 7) is 1.43. The summed E-state index contributed by atoms with van der Waals surface area (Å²) in [5, 5.41) is 1.72. The van der Waals surface area contributed by atoms with Gasteiger partial charge < -0.3 is 0 Å². The summed E-state index contributed by atoms with van der Waals surface area (Å²) in [6.07, 6.45) is 1.33. The van der Waals surface area contributed by atoms with Crippen molar-refractivity contribution in [3.63, 3.8) is 0 Å². The maximum absolute atomic E-state index is 11.6. The number of carbonyl (C=O) groups excluding carboxylic acids is 1. The molecule has 1 saturated heterocycles. The minimum atomic E-state index is -3.02. The second-order valence-electron chi connectivity index (χ2n) is 3.63. The summed E-state index contributed by atoms with van der Waals surface area (Å²) >= 11 is 1.27. The maximum Gasteiger partial charge on any atom is 0.178 e. The van der Waals surface area contributed by atoms with Crippen molar-refractivity contribution in [3.8, 4) is 0 Å². The molecule has 6 heteroatoms. The Kier molecular flexibility index (Phi) is 2.64. The molecule has 0 spiro atoms. The van der Waals surface area contributed by atoms with E-state index in [0.29, 0.717) is 23.5 Å². The van der Waals surface area contributed by atoms with Gasteiger partial charge in [-0.05, 0) is 12.8 Å². The number of Topliss-reactive ketones (excluding diaryl/α,β-unsaturated/α-hetero) is 1. The van der Waals surface area contributed by atoms with Gasteiger partial charge in [0.2, 0.25) is 0 Å². The number of rotatable bonds is 2. The molecule has 1 unspecified atom stereocenters. The van der Waals surface area contributed by atoms with Crippen LogP contribution in [0.2, 0.25) is 0 Å². The molecule has 0 aromatic carbocycles. The van der Waals surface area contributed by atoms with Crippen molar-refractivity contribution < 1.29 is 13.2 Å². The molecule has 15 heavy (non-hydrogen) atoms. The topological polar surface area (TPSA) is 64.1 Å². The van der Waals surface area contributed by atoms with Gasteiger partial charge in [-0.15, -0.1) is 11.3 Å². The van der Waals surface area contributed by atoms with Crippen LogP contribution in [0.4, 0.5) is 0 Å². The fourth-order valence-electron chi connectivity index (χ4n) is 1.67. The molecule has 82 valence electrons. The van der Waals surface area contributed by atoms with E-state index < -0.39 is 15.1 Å². The highest BCUT2D eigenvalue weighted by Gasteiger charge is 2.34. The van der Waals surface area contributed by atoms with E-state index in [0.717, 1.165) is 0 Å². The molecule has 0 bridgehead atoms. The number of sulfone groups is 1. The first-order valence-electron chi connectivity index (χ1n) is 4.68. The molecule has 0 radical (unpaired) electrons. The van der Waals surface area contributed by atoms with Crippen molar-refractivity contribution in [2.75, 3.05) is 5.75 Å². The molecule has 1 fully saturated rings. The van der Waals surface area contributed by atoms with Crippen molar-refractivity contribution in [2.45, 2.75) is 25.0 Å². The highest BCUT2D eigenvalue weighted by Crippen LogP contribution is 2.36. The molecule has 0 aliphatic carbocycles. The van der Waals surface area contributed by atoms with Gasteiger partial charge in [-0.25, -0.2) is 13.4 Å². The Hall–Kier alpha value is -0.750. The first-order chi connectivity index (χ1) is 7.00. The van der Waals surface area contributed by atoms with Gasteiger partial charge in [-0.2, -0.15) is 0 Å². The summed E-state index contributed by atoms with van der Waals surface area (Å²) in [4.78, 5) is 15.1. The number of carbonyl (C=O) groups is 1. The quantitative estimate of drug-likeness (QED) is 0.742. The lowest BCUT2D eigenvalue weighted by atomic mass is 10.2. The van der Waals surface area contributed by atoms with Crippen LogP contribution < -0.4 is 0 Å². The average Bonchev–Trinajstić information content (AvgIpc) is 2.69. The highest BCUT2D eigenvalue weighted by molar-refractivity contribution is 7.92. The number of aromatic nitrogens is 1. The van der Waals surface area contributed by atoms with E-state index in [9.17, 15) is 13.2 Å². The van der Waals surface area contributed by atoms with Gasteiger partial charge in [-0.1, -0.05) is 0 Å². The van der Waals surface area contributed by atoms with E-state index in [1.165, 1.54) is 18.3 Å². The fourth-order valence-corrected chi connectivity index (χ4v) is 4.88. The molecular weight excluding hydrogens is 234 g/mol. The number of hydrogen-bond acceptors (Lipinski definition) is 5. The van der Waals surface area contributed by atoms with Crippen molar-refractivity contribution in [2.24, 2.45) is 0 Å². The predicted molar refractivity (Wildman–Crippen MR) is 57.9 cm³/mol. The monoisotopic (exact) mass is 245 g/mol. The fraction of sp³-hybridized carbons (Fsp3) is 0.556. The molecule has 1 aliphatic rings. The van der Waals surface area contributed by atoms with Crippen LogP contribution in [0.5, 0.6) is 0 Å². The van der Waals surface area contributed by atoms with Gasteiger partial charge in [0.05, 0.1) is 5.75 Å². The van der Waals surface area contributed by atoms with Gasteiger partial charge in [0.25, 0.3) is 0 Å². The Bertz CT molecular complexity index is 489. The van der Waals surface area contributed by atoms with Crippen molar-refractivity contribution in [3.05, 3.63) is 16.1 Å². The largest absolute Gasteiger partial charge is 0.293 e. The molecule has 1 atom stereocenters. The summed E-state index contributed by atoms with van der Waals surface area (Å²) in [5.41, 5.74) is 0.372. The zero-order valence-corrected chi connectivity index (χ0v) is 9.90. The van der Waals surface area contributed by atoms with E-state index in [1.54, 1.807) is 5.38 Å². The molecule has 1 aliphatic heterocycles. The summed E-state index contributed by atoms with van der Waals surface area (Å²) in [7, 11) is -3.02. The molecule has 0 amide bonds. The zero-order valence-electron chi connectivity index (χ0n) is 8.26. The lowest BCUT2D eigenvalue weighted by Crippen LogP contribution is -2.08. The van der Waals surface area contributed by atoms with Gasteiger partial charge in [0.1, 0.15) is 16.0 Å². The van der Waals surface area contributed by atoms with Crippen molar-refractivity contribution in [1.29, 1.82) is 0 Å². The Morgan fingerprint density at radius 2 is 2.33 bits per heavy atom. The summed E-state index contributed by atoms with van der Waals surface area (Å²) < 4.78 is 23.2. The van der Waals surface area contributed by atoms with E-state index in [4.69, 9.17) is 0 Å². The van der Waals surface area contributed by atoms with Crippen LogP contribution in [0, 0.1) is 0 Å². The molecule has 4 nitrogen and oxygen atoms in total. The van der Waals surface area contributed by atoms with Crippen molar-refractivity contribution >= 4 is 27.0 Å². The normalized spacial score (nSPS) is 24.2. The van der Waals surface area contributed by atoms with Crippen LogP contribution in [0.15, 0.2) is 5.38 Å². The van der Waals surface area contributed by atoms with Gasteiger partial charge >= 0.3 is 0 Å². The number of nitrogens with zero attached hydrogens (tertiary/aromatic N) is 1. The van der Waals surface area contributed by atoms with Crippen LogP contribution in [-0.2, 0) is 9.84 Å². The molecule has 2 heterocycles. The van der Waals surface area contributed by atoms with Crippen molar-refractivity contribution in [1.82, 2.24) is 4.98 Å². The maximum atomic E-state index is 11.6. The molecule has 0 N–H and O–H groups in total.